The molecule has 0 heterocycles. The molecule has 0 saturated heterocycles. The number of alkyl halides is 3. The standard InChI is InChI=1S/C14H19F4N3O/c1-2-19-13(20-7-6-14(16,17)18)21-8-9-22-12-5-3-4-11(15)10-12/h3-5,10H,2,6-9H2,1H3,(H2,19,20,21). The van der Waals surface area contributed by atoms with E-state index < -0.39 is 18.4 Å². The molecular weight excluding hydrogens is 302 g/mol. The number of ether oxygens (including phenoxy) is 1. The fourth-order valence-electron chi connectivity index (χ4n) is 1.53. The average molecular weight is 321 g/mol. The highest BCUT2D eigenvalue weighted by atomic mass is 19.4. The second-order valence-electron chi connectivity index (χ2n) is 4.36. The van der Waals surface area contributed by atoms with Gasteiger partial charge in [0.1, 0.15) is 18.2 Å². The van der Waals surface area contributed by atoms with Crippen molar-refractivity contribution in [3.05, 3.63) is 30.1 Å². The zero-order valence-corrected chi connectivity index (χ0v) is 12.2. The number of nitrogens with one attached hydrogen (secondary N) is 2. The van der Waals surface area contributed by atoms with Gasteiger partial charge in [-0.2, -0.15) is 13.2 Å². The zero-order chi connectivity index (χ0) is 16.4. The molecule has 22 heavy (non-hydrogen) atoms. The Bertz CT molecular complexity index is 477. The SMILES string of the molecule is CCNC(=NCCC(F)(F)F)NCCOc1cccc(F)c1. The molecule has 0 atom stereocenters. The van der Waals surface area contributed by atoms with E-state index in [4.69, 9.17) is 4.74 Å². The van der Waals surface area contributed by atoms with Gasteiger partial charge in [-0.3, -0.25) is 4.99 Å². The van der Waals surface area contributed by atoms with Crippen LogP contribution in [-0.4, -0.2) is 38.4 Å². The maximum Gasteiger partial charge on any atom is 0.390 e. The minimum Gasteiger partial charge on any atom is -0.492 e. The first kappa shape index (κ1) is 18.1. The van der Waals surface area contributed by atoms with E-state index in [9.17, 15) is 17.6 Å². The highest BCUT2D eigenvalue weighted by Gasteiger charge is 2.26. The lowest BCUT2D eigenvalue weighted by atomic mass is 10.3. The van der Waals surface area contributed by atoms with E-state index in [-0.39, 0.29) is 19.1 Å². The monoisotopic (exact) mass is 321 g/mol. The van der Waals surface area contributed by atoms with Crippen LogP contribution in [0.25, 0.3) is 0 Å². The summed E-state index contributed by atoms with van der Waals surface area (Å²) in [5.74, 6) is 0.280. The molecule has 124 valence electrons. The first-order chi connectivity index (χ1) is 10.4. The molecule has 8 heteroatoms. The molecular formula is C14H19F4N3O. The van der Waals surface area contributed by atoms with Gasteiger partial charge in [0.2, 0.25) is 0 Å². The number of benzene rings is 1. The van der Waals surface area contributed by atoms with Crippen molar-refractivity contribution in [3.8, 4) is 5.75 Å². The van der Waals surface area contributed by atoms with E-state index in [1.807, 2.05) is 6.92 Å². The van der Waals surface area contributed by atoms with Crippen LogP contribution < -0.4 is 15.4 Å². The van der Waals surface area contributed by atoms with Crippen molar-refractivity contribution < 1.29 is 22.3 Å². The second kappa shape index (κ2) is 9.11. The Morgan fingerprint density at radius 1 is 1.27 bits per heavy atom. The van der Waals surface area contributed by atoms with Crippen LogP contribution in [0.5, 0.6) is 5.75 Å². The molecule has 0 amide bonds. The fourth-order valence-corrected chi connectivity index (χ4v) is 1.53. The van der Waals surface area contributed by atoms with Crippen molar-refractivity contribution in [2.24, 2.45) is 4.99 Å². The van der Waals surface area contributed by atoms with Crippen molar-refractivity contribution in [3.63, 3.8) is 0 Å². The molecule has 0 fully saturated rings. The summed E-state index contributed by atoms with van der Waals surface area (Å²) in [4.78, 5) is 3.82. The topological polar surface area (TPSA) is 45.7 Å². The van der Waals surface area contributed by atoms with Gasteiger partial charge in [0.05, 0.1) is 19.5 Å². The summed E-state index contributed by atoms with van der Waals surface area (Å²) >= 11 is 0. The fraction of sp³-hybridized carbons (Fsp3) is 0.500. The Balaban J connectivity index is 2.33. The predicted octanol–water partition coefficient (Wildman–Crippen LogP) is 2.71. The van der Waals surface area contributed by atoms with Gasteiger partial charge in [0.15, 0.2) is 5.96 Å². The number of nitrogens with zero attached hydrogens (tertiary/aromatic N) is 1. The van der Waals surface area contributed by atoms with Gasteiger partial charge in [0.25, 0.3) is 0 Å². The summed E-state index contributed by atoms with van der Waals surface area (Å²) in [6, 6.07) is 5.71. The number of rotatable bonds is 7. The van der Waals surface area contributed by atoms with Gasteiger partial charge in [-0.25, -0.2) is 4.39 Å². The molecule has 0 aliphatic rings. The number of guanidine groups is 1. The van der Waals surface area contributed by atoms with Crippen LogP contribution in [0.15, 0.2) is 29.3 Å². The summed E-state index contributed by atoms with van der Waals surface area (Å²) < 4.78 is 54.4. The highest BCUT2D eigenvalue weighted by molar-refractivity contribution is 5.79. The molecule has 4 nitrogen and oxygen atoms in total. The molecule has 0 saturated carbocycles. The van der Waals surface area contributed by atoms with Crippen molar-refractivity contribution in [2.45, 2.75) is 19.5 Å². The lowest BCUT2D eigenvalue weighted by Crippen LogP contribution is -2.39. The van der Waals surface area contributed by atoms with Crippen LogP contribution in [0, 0.1) is 5.82 Å². The van der Waals surface area contributed by atoms with Crippen LogP contribution in [0.2, 0.25) is 0 Å². The van der Waals surface area contributed by atoms with Crippen LogP contribution in [-0.2, 0) is 0 Å². The minimum absolute atomic E-state index is 0.229. The van der Waals surface area contributed by atoms with Gasteiger partial charge in [0, 0.05) is 12.6 Å². The Morgan fingerprint density at radius 3 is 2.68 bits per heavy atom. The van der Waals surface area contributed by atoms with Crippen LogP contribution >= 0.6 is 0 Å². The number of hydrogen-bond acceptors (Lipinski definition) is 2. The second-order valence-corrected chi connectivity index (χ2v) is 4.36. The first-order valence-electron chi connectivity index (χ1n) is 6.88. The quantitative estimate of drug-likeness (QED) is 0.351. The maximum absolute atomic E-state index is 12.9. The van der Waals surface area contributed by atoms with E-state index in [1.54, 1.807) is 6.07 Å². The van der Waals surface area contributed by atoms with E-state index in [2.05, 4.69) is 15.6 Å². The first-order valence-corrected chi connectivity index (χ1v) is 6.88. The van der Waals surface area contributed by atoms with Gasteiger partial charge in [-0.15, -0.1) is 0 Å². The van der Waals surface area contributed by atoms with Crippen LogP contribution in [0.3, 0.4) is 0 Å². The number of halogens is 4. The summed E-state index contributed by atoms with van der Waals surface area (Å²) in [6.45, 7) is 2.55. The Kier molecular flexibility index (Phi) is 7.48. The Hall–Kier alpha value is -1.99. The molecule has 1 aromatic rings. The van der Waals surface area contributed by atoms with E-state index in [0.717, 1.165) is 0 Å². The molecule has 0 aliphatic carbocycles. The normalized spacial score (nSPS) is 12.1. The van der Waals surface area contributed by atoms with Gasteiger partial charge < -0.3 is 15.4 Å². The average Bonchev–Trinajstić information content (AvgIpc) is 2.42. The highest BCUT2D eigenvalue weighted by Crippen LogP contribution is 2.18. The third-order valence-corrected chi connectivity index (χ3v) is 2.47. The smallest absolute Gasteiger partial charge is 0.390 e. The molecule has 1 rings (SSSR count). The van der Waals surface area contributed by atoms with E-state index >= 15 is 0 Å². The molecule has 0 aliphatic heterocycles. The lowest BCUT2D eigenvalue weighted by molar-refractivity contribution is -0.132. The molecule has 0 radical (unpaired) electrons. The lowest BCUT2D eigenvalue weighted by Gasteiger charge is -2.12. The Morgan fingerprint density at radius 2 is 2.05 bits per heavy atom. The van der Waals surface area contributed by atoms with Gasteiger partial charge >= 0.3 is 6.18 Å². The van der Waals surface area contributed by atoms with E-state index in [1.165, 1.54) is 18.2 Å². The summed E-state index contributed by atoms with van der Waals surface area (Å²) in [5, 5.41) is 5.68. The molecule has 1 aromatic carbocycles. The Labute approximate surface area is 126 Å². The van der Waals surface area contributed by atoms with Crippen molar-refractivity contribution >= 4 is 5.96 Å². The molecule has 0 bridgehead atoms. The summed E-state index contributed by atoms with van der Waals surface area (Å²) in [6.07, 6.45) is -5.19. The number of hydrogen-bond donors (Lipinski definition) is 2. The van der Waals surface area contributed by atoms with E-state index in [0.29, 0.717) is 18.8 Å². The summed E-state index contributed by atoms with van der Waals surface area (Å²) in [5.41, 5.74) is 0. The van der Waals surface area contributed by atoms with Crippen molar-refractivity contribution in [1.29, 1.82) is 0 Å². The largest absolute Gasteiger partial charge is 0.492 e. The van der Waals surface area contributed by atoms with Crippen molar-refractivity contribution in [2.75, 3.05) is 26.2 Å². The van der Waals surface area contributed by atoms with Gasteiger partial charge in [-0.1, -0.05) is 6.07 Å². The molecule has 0 spiro atoms. The third kappa shape index (κ3) is 8.33. The minimum atomic E-state index is -4.22. The van der Waals surface area contributed by atoms with Gasteiger partial charge in [-0.05, 0) is 19.1 Å². The molecule has 2 N–H and O–H groups in total. The van der Waals surface area contributed by atoms with Crippen LogP contribution in [0.4, 0.5) is 17.6 Å². The zero-order valence-electron chi connectivity index (χ0n) is 12.2. The maximum atomic E-state index is 12.9. The third-order valence-electron chi connectivity index (χ3n) is 2.47. The summed E-state index contributed by atoms with van der Waals surface area (Å²) in [7, 11) is 0. The van der Waals surface area contributed by atoms with Crippen molar-refractivity contribution in [1.82, 2.24) is 10.6 Å². The van der Waals surface area contributed by atoms with Crippen LogP contribution in [0.1, 0.15) is 13.3 Å². The predicted molar refractivity (Wildman–Crippen MR) is 76.5 cm³/mol. The molecule has 0 unspecified atom stereocenters. The molecule has 0 aromatic heterocycles. The number of aliphatic imine (C=N–C) groups is 1.